The van der Waals surface area contributed by atoms with Crippen LogP contribution in [0.1, 0.15) is 16.8 Å². The van der Waals surface area contributed by atoms with Crippen LogP contribution in [0, 0.1) is 0 Å². The van der Waals surface area contributed by atoms with Crippen LogP contribution in [0.25, 0.3) is 10.8 Å². The van der Waals surface area contributed by atoms with Gasteiger partial charge in [-0.1, -0.05) is 30.3 Å². The van der Waals surface area contributed by atoms with Crippen LogP contribution in [-0.4, -0.2) is 38.1 Å². The van der Waals surface area contributed by atoms with E-state index >= 15 is 0 Å². The number of fused-ring (bicyclic) bond motifs is 1. The van der Waals surface area contributed by atoms with Gasteiger partial charge >= 0.3 is 5.97 Å². The van der Waals surface area contributed by atoms with Gasteiger partial charge in [0.25, 0.3) is 0 Å². The third-order valence-electron chi connectivity index (χ3n) is 3.02. The number of carbonyl (C=O) groups is 1. The Balaban J connectivity index is 2.27. The van der Waals surface area contributed by atoms with Crippen LogP contribution in [0.4, 0.5) is 0 Å². The lowest BCUT2D eigenvalue weighted by atomic mass is 10.1. The highest BCUT2D eigenvalue weighted by Gasteiger charge is 2.15. The average Bonchev–Trinajstić information content (AvgIpc) is 2.42. The SMILES string of the molecule is CS(=O)(=O)CCCOc1c(C(=O)O)ccc2ccccc12. The first kappa shape index (κ1) is 15.3. The maximum atomic E-state index is 11.3. The molecule has 0 aromatic heterocycles. The summed E-state index contributed by atoms with van der Waals surface area (Å²) >= 11 is 0. The number of carboxylic acid groups (broad SMARTS) is 1. The van der Waals surface area contributed by atoms with Crippen molar-refractivity contribution >= 4 is 26.6 Å². The lowest BCUT2D eigenvalue weighted by Crippen LogP contribution is -2.10. The predicted molar refractivity (Wildman–Crippen MR) is 80.7 cm³/mol. The van der Waals surface area contributed by atoms with Gasteiger partial charge in [0.2, 0.25) is 0 Å². The van der Waals surface area contributed by atoms with E-state index in [2.05, 4.69) is 0 Å². The van der Waals surface area contributed by atoms with Crippen molar-refractivity contribution in [3.05, 3.63) is 42.0 Å². The van der Waals surface area contributed by atoms with Crippen molar-refractivity contribution in [2.75, 3.05) is 18.6 Å². The van der Waals surface area contributed by atoms with E-state index in [1.807, 2.05) is 12.1 Å². The van der Waals surface area contributed by atoms with Crippen molar-refractivity contribution in [2.24, 2.45) is 0 Å². The van der Waals surface area contributed by atoms with E-state index in [9.17, 15) is 18.3 Å². The molecule has 0 aliphatic heterocycles. The summed E-state index contributed by atoms with van der Waals surface area (Å²) in [6.07, 6.45) is 1.48. The van der Waals surface area contributed by atoms with Gasteiger partial charge < -0.3 is 9.84 Å². The molecular formula is C15H16O5S. The Morgan fingerprint density at radius 2 is 1.90 bits per heavy atom. The second-order valence-electron chi connectivity index (χ2n) is 4.80. The molecule has 2 aromatic carbocycles. The minimum Gasteiger partial charge on any atom is -0.492 e. The lowest BCUT2D eigenvalue weighted by molar-refractivity contribution is 0.0692. The normalized spacial score (nSPS) is 11.5. The summed E-state index contributed by atoms with van der Waals surface area (Å²) in [5.41, 5.74) is 0.0769. The quantitative estimate of drug-likeness (QED) is 0.829. The molecule has 0 unspecified atom stereocenters. The first-order chi connectivity index (χ1) is 9.88. The van der Waals surface area contributed by atoms with Crippen LogP contribution in [-0.2, 0) is 9.84 Å². The van der Waals surface area contributed by atoms with Gasteiger partial charge in [0, 0.05) is 11.6 Å². The Hall–Kier alpha value is -2.08. The van der Waals surface area contributed by atoms with Gasteiger partial charge in [-0.2, -0.15) is 0 Å². The molecule has 0 atom stereocenters. The maximum absolute atomic E-state index is 11.3. The number of sulfone groups is 1. The van der Waals surface area contributed by atoms with Crippen LogP contribution >= 0.6 is 0 Å². The maximum Gasteiger partial charge on any atom is 0.339 e. The summed E-state index contributed by atoms with van der Waals surface area (Å²) in [4.78, 5) is 11.3. The fourth-order valence-electron chi connectivity index (χ4n) is 2.06. The zero-order valence-corrected chi connectivity index (χ0v) is 12.4. The number of ether oxygens (including phenoxy) is 1. The number of aromatic carboxylic acids is 1. The molecule has 0 aliphatic rings. The first-order valence-electron chi connectivity index (χ1n) is 6.44. The van der Waals surface area contributed by atoms with Crippen molar-refractivity contribution < 1.29 is 23.1 Å². The van der Waals surface area contributed by atoms with Gasteiger partial charge in [-0.05, 0) is 17.9 Å². The number of hydrogen-bond donors (Lipinski definition) is 1. The van der Waals surface area contributed by atoms with Gasteiger partial charge in [-0.25, -0.2) is 13.2 Å². The van der Waals surface area contributed by atoms with E-state index in [0.29, 0.717) is 11.8 Å². The Kier molecular flexibility index (Phi) is 4.47. The highest BCUT2D eigenvalue weighted by molar-refractivity contribution is 7.90. The number of rotatable bonds is 6. The molecule has 0 aliphatic carbocycles. The zero-order valence-electron chi connectivity index (χ0n) is 11.6. The number of carboxylic acids is 1. The van der Waals surface area contributed by atoms with Crippen molar-refractivity contribution in [1.29, 1.82) is 0 Å². The Labute approximate surface area is 123 Å². The topological polar surface area (TPSA) is 80.7 Å². The van der Waals surface area contributed by atoms with Crippen LogP contribution in [0.5, 0.6) is 5.75 Å². The summed E-state index contributed by atoms with van der Waals surface area (Å²) in [6, 6.07) is 10.5. The third-order valence-corrected chi connectivity index (χ3v) is 4.05. The second kappa shape index (κ2) is 6.13. The summed E-state index contributed by atoms with van der Waals surface area (Å²) in [5.74, 6) is -0.770. The van der Waals surface area contributed by atoms with Gasteiger partial charge in [-0.3, -0.25) is 0 Å². The van der Waals surface area contributed by atoms with Gasteiger partial charge in [0.15, 0.2) is 0 Å². The molecule has 0 heterocycles. The van der Waals surface area contributed by atoms with Crippen molar-refractivity contribution in [2.45, 2.75) is 6.42 Å². The Morgan fingerprint density at radius 3 is 2.57 bits per heavy atom. The van der Waals surface area contributed by atoms with Crippen molar-refractivity contribution in [3.8, 4) is 5.75 Å². The number of hydrogen-bond acceptors (Lipinski definition) is 4. The third kappa shape index (κ3) is 3.95. The molecule has 1 N–H and O–H groups in total. The molecule has 2 rings (SSSR count). The molecule has 0 bridgehead atoms. The summed E-state index contributed by atoms with van der Waals surface area (Å²) in [6.45, 7) is 0.154. The molecule has 21 heavy (non-hydrogen) atoms. The van der Waals surface area contributed by atoms with E-state index in [1.165, 1.54) is 6.07 Å². The standard InChI is InChI=1S/C15H16O5S/c1-21(18,19)10-4-9-20-14-12-6-3-2-5-11(12)7-8-13(14)15(16)17/h2-3,5-8H,4,9-10H2,1H3,(H,16,17). The fraction of sp³-hybridized carbons (Fsp3) is 0.267. The zero-order chi connectivity index (χ0) is 15.5. The molecule has 0 saturated carbocycles. The molecule has 6 heteroatoms. The van der Waals surface area contributed by atoms with Crippen molar-refractivity contribution in [1.82, 2.24) is 0 Å². The molecular weight excluding hydrogens is 292 g/mol. The molecule has 112 valence electrons. The van der Waals surface area contributed by atoms with Gasteiger partial charge in [-0.15, -0.1) is 0 Å². The van der Waals surface area contributed by atoms with Gasteiger partial charge in [0.05, 0.1) is 12.4 Å². The molecule has 0 amide bonds. The summed E-state index contributed by atoms with van der Waals surface area (Å²) in [7, 11) is -3.04. The van der Waals surface area contributed by atoms with Crippen LogP contribution in [0.15, 0.2) is 36.4 Å². The molecule has 0 radical (unpaired) electrons. The van der Waals surface area contributed by atoms with E-state index in [1.54, 1.807) is 18.2 Å². The minimum atomic E-state index is -3.04. The van der Waals surface area contributed by atoms with E-state index in [-0.39, 0.29) is 23.7 Å². The van der Waals surface area contributed by atoms with Crippen LogP contribution < -0.4 is 4.74 Å². The smallest absolute Gasteiger partial charge is 0.339 e. The Morgan fingerprint density at radius 1 is 1.19 bits per heavy atom. The highest BCUT2D eigenvalue weighted by atomic mass is 32.2. The molecule has 2 aromatic rings. The Bertz CT molecular complexity index is 765. The number of benzene rings is 2. The fourth-order valence-corrected chi connectivity index (χ4v) is 2.70. The van der Waals surface area contributed by atoms with Crippen LogP contribution in [0.3, 0.4) is 0 Å². The summed E-state index contributed by atoms with van der Waals surface area (Å²) < 4.78 is 27.7. The molecule has 0 fully saturated rings. The van der Waals surface area contributed by atoms with E-state index < -0.39 is 15.8 Å². The van der Waals surface area contributed by atoms with Crippen LogP contribution in [0.2, 0.25) is 0 Å². The van der Waals surface area contributed by atoms with E-state index in [4.69, 9.17) is 4.74 Å². The average molecular weight is 308 g/mol. The van der Waals surface area contributed by atoms with Crippen molar-refractivity contribution in [3.63, 3.8) is 0 Å². The largest absolute Gasteiger partial charge is 0.492 e. The molecule has 0 saturated heterocycles. The lowest BCUT2D eigenvalue weighted by Gasteiger charge is -2.12. The second-order valence-corrected chi connectivity index (χ2v) is 7.06. The highest BCUT2D eigenvalue weighted by Crippen LogP contribution is 2.30. The molecule has 0 spiro atoms. The summed E-state index contributed by atoms with van der Waals surface area (Å²) in [5, 5.41) is 10.8. The van der Waals surface area contributed by atoms with E-state index in [0.717, 1.165) is 11.6 Å². The molecule has 5 nitrogen and oxygen atoms in total. The monoisotopic (exact) mass is 308 g/mol. The minimum absolute atomic E-state index is 0.0141. The predicted octanol–water partition coefficient (Wildman–Crippen LogP) is 2.35. The first-order valence-corrected chi connectivity index (χ1v) is 8.50. The van der Waals surface area contributed by atoms with Gasteiger partial charge in [0.1, 0.15) is 21.2 Å².